The maximum absolute atomic E-state index is 5.78. The van der Waals surface area contributed by atoms with Crippen LogP contribution in [0.25, 0.3) is 11.5 Å². The first-order valence-electron chi connectivity index (χ1n) is 7.26. The maximum atomic E-state index is 5.78. The lowest BCUT2D eigenvalue weighted by Gasteiger charge is -2.25. The fourth-order valence-electron chi connectivity index (χ4n) is 2.06. The highest BCUT2D eigenvalue weighted by Gasteiger charge is 2.23. The van der Waals surface area contributed by atoms with E-state index in [9.17, 15) is 0 Å². The molecule has 0 amide bonds. The molecule has 0 unspecified atom stereocenters. The van der Waals surface area contributed by atoms with Crippen molar-refractivity contribution in [2.24, 2.45) is 0 Å². The van der Waals surface area contributed by atoms with Gasteiger partial charge in [0.05, 0.1) is 0 Å². The molecule has 3 nitrogen and oxygen atoms in total. The Bertz CT molecular complexity index is 632. The van der Waals surface area contributed by atoms with E-state index in [1.807, 2.05) is 0 Å². The molecule has 0 aliphatic carbocycles. The number of nitrogens with zero attached hydrogens (tertiary/aromatic N) is 2. The second-order valence-electron chi connectivity index (χ2n) is 7.55. The fourth-order valence-corrected chi connectivity index (χ4v) is 2.23. The maximum Gasteiger partial charge on any atom is 0.249 e. The third kappa shape index (κ3) is 3.82. The van der Waals surface area contributed by atoms with Crippen molar-refractivity contribution in [1.82, 2.24) is 10.2 Å². The van der Waals surface area contributed by atoms with Crippen molar-refractivity contribution in [3.8, 4) is 11.5 Å². The zero-order chi connectivity index (χ0) is 16.7. The Morgan fingerprint density at radius 1 is 0.864 bits per heavy atom. The number of alkyl halides is 2. The van der Waals surface area contributed by atoms with Crippen LogP contribution in [0.1, 0.15) is 63.4 Å². The Labute approximate surface area is 142 Å². The van der Waals surface area contributed by atoms with Crippen LogP contribution >= 0.6 is 23.2 Å². The molecule has 0 bridgehead atoms. The van der Waals surface area contributed by atoms with Crippen molar-refractivity contribution in [1.29, 1.82) is 0 Å². The molecular formula is C17H22Cl2N2O. The second-order valence-corrected chi connectivity index (χ2v) is 8.64. The molecule has 1 aromatic heterocycles. The van der Waals surface area contributed by atoms with E-state index in [1.54, 1.807) is 0 Å². The number of halogens is 2. The topological polar surface area (TPSA) is 38.9 Å². The van der Waals surface area contributed by atoms with Gasteiger partial charge in [-0.05, 0) is 34.1 Å². The fraction of sp³-hybridized carbons (Fsp3) is 0.529. The van der Waals surface area contributed by atoms with Crippen LogP contribution in [-0.2, 0) is 10.8 Å². The lowest BCUT2D eigenvalue weighted by atomic mass is 9.79. The summed E-state index contributed by atoms with van der Waals surface area (Å²) in [5.41, 5.74) is 3.40. The lowest BCUT2D eigenvalue weighted by Crippen LogP contribution is -2.16. The molecule has 2 aromatic rings. The van der Waals surface area contributed by atoms with E-state index in [4.69, 9.17) is 27.6 Å². The summed E-state index contributed by atoms with van der Waals surface area (Å²) >= 11 is 11.6. The van der Waals surface area contributed by atoms with Crippen LogP contribution in [0.4, 0.5) is 0 Å². The Morgan fingerprint density at radius 2 is 1.36 bits per heavy atom. The zero-order valence-corrected chi connectivity index (χ0v) is 15.4. The van der Waals surface area contributed by atoms with Gasteiger partial charge < -0.3 is 4.42 Å². The average molecular weight is 341 g/mol. The molecule has 0 radical (unpaired) electrons. The van der Waals surface area contributed by atoms with Crippen LogP contribution < -0.4 is 0 Å². The largest absolute Gasteiger partial charge is 0.418 e. The zero-order valence-electron chi connectivity index (χ0n) is 13.9. The Hall–Kier alpha value is -1.06. The van der Waals surface area contributed by atoms with Gasteiger partial charge in [0, 0.05) is 5.56 Å². The minimum Gasteiger partial charge on any atom is -0.418 e. The Kier molecular flexibility index (Phi) is 4.61. The van der Waals surface area contributed by atoms with E-state index in [0.717, 1.165) is 5.56 Å². The molecular weight excluding hydrogens is 319 g/mol. The van der Waals surface area contributed by atoms with E-state index >= 15 is 0 Å². The lowest BCUT2D eigenvalue weighted by molar-refractivity contribution is 0.522. The van der Waals surface area contributed by atoms with Gasteiger partial charge in [0.15, 0.2) is 4.84 Å². The summed E-state index contributed by atoms with van der Waals surface area (Å²) in [4.78, 5) is -0.811. The number of aromatic nitrogens is 2. The summed E-state index contributed by atoms with van der Waals surface area (Å²) in [5.74, 6) is 0.662. The minimum atomic E-state index is -0.811. The third-order valence-corrected chi connectivity index (χ3v) is 3.91. The van der Waals surface area contributed by atoms with Crippen molar-refractivity contribution in [2.45, 2.75) is 57.2 Å². The number of rotatable bonds is 2. The molecule has 0 aliphatic heterocycles. The van der Waals surface area contributed by atoms with Crippen LogP contribution in [0.2, 0.25) is 0 Å². The van der Waals surface area contributed by atoms with Crippen molar-refractivity contribution in [3.63, 3.8) is 0 Å². The summed E-state index contributed by atoms with van der Waals surface area (Å²) < 4.78 is 5.58. The normalized spacial score (nSPS) is 13.0. The van der Waals surface area contributed by atoms with E-state index in [1.165, 1.54) is 11.1 Å². The van der Waals surface area contributed by atoms with Gasteiger partial charge in [-0.1, -0.05) is 70.8 Å². The minimum absolute atomic E-state index is 0.0281. The summed E-state index contributed by atoms with van der Waals surface area (Å²) in [7, 11) is 0. The molecule has 2 rings (SSSR count). The molecule has 0 saturated carbocycles. The molecule has 0 N–H and O–H groups in total. The number of hydrogen-bond acceptors (Lipinski definition) is 3. The van der Waals surface area contributed by atoms with E-state index < -0.39 is 4.84 Å². The van der Waals surface area contributed by atoms with Gasteiger partial charge in [-0.2, -0.15) is 0 Å². The monoisotopic (exact) mass is 340 g/mol. The first-order chi connectivity index (χ1) is 9.98. The summed E-state index contributed by atoms with van der Waals surface area (Å²) in [6.07, 6.45) is 0. The van der Waals surface area contributed by atoms with Crippen molar-refractivity contribution in [3.05, 3.63) is 35.2 Å². The Balaban J connectivity index is 2.59. The second kappa shape index (κ2) is 5.86. The predicted molar refractivity (Wildman–Crippen MR) is 91.6 cm³/mol. The highest BCUT2D eigenvalue weighted by Crippen LogP contribution is 2.34. The smallest absolute Gasteiger partial charge is 0.249 e. The molecule has 0 spiro atoms. The van der Waals surface area contributed by atoms with Gasteiger partial charge in [-0.15, -0.1) is 10.2 Å². The van der Waals surface area contributed by atoms with Gasteiger partial charge in [0.1, 0.15) is 0 Å². The van der Waals surface area contributed by atoms with E-state index in [2.05, 4.69) is 69.9 Å². The first kappa shape index (κ1) is 17.3. The van der Waals surface area contributed by atoms with Crippen LogP contribution in [0, 0.1) is 0 Å². The van der Waals surface area contributed by atoms with Crippen molar-refractivity contribution >= 4 is 23.2 Å². The van der Waals surface area contributed by atoms with Gasteiger partial charge in [0.25, 0.3) is 0 Å². The standard InChI is InChI=1S/C17H22Cl2N2O/c1-16(2,3)11-7-10(8-12(9-11)17(4,5)6)14-20-21-15(22-14)13(18)19/h7-9,13H,1-6H3. The Morgan fingerprint density at radius 3 is 1.73 bits per heavy atom. The van der Waals surface area contributed by atoms with Gasteiger partial charge >= 0.3 is 0 Å². The molecule has 22 heavy (non-hydrogen) atoms. The summed E-state index contributed by atoms with van der Waals surface area (Å²) in [6.45, 7) is 13.1. The molecule has 0 saturated heterocycles. The van der Waals surface area contributed by atoms with Crippen LogP contribution in [0.3, 0.4) is 0 Å². The van der Waals surface area contributed by atoms with Crippen LogP contribution in [0.5, 0.6) is 0 Å². The quantitative estimate of drug-likeness (QED) is 0.647. The molecule has 1 aromatic carbocycles. The van der Waals surface area contributed by atoms with Crippen molar-refractivity contribution < 1.29 is 4.42 Å². The van der Waals surface area contributed by atoms with Gasteiger partial charge in [-0.25, -0.2) is 0 Å². The summed E-state index contributed by atoms with van der Waals surface area (Å²) in [5, 5.41) is 7.96. The predicted octanol–water partition coefficient (Wildman–Crippen LogP) is 5.81. The van der Waals surface area contributed by atoms with Crippen molar-refractivity contribution in [2.75, 3.05) is 0 Å². The van der Waals surface area contributed by atoms with Crippen LogP contribution in [0.15, 0.2) is 22.6 Å². The van der Waals surface area contributed by atoms with E-state index in [0.29, 0.717) is 5.89 Å². The third-order valence-electron chi connectivity index (χ3n) is 3.54. The molecule has 5 heteroatoms. The molecule has 120 valence electrons. The first-order valence-corrected chi connectivity index (χ1v) is 8.14. The van der Waals surface area contributed by atoms with Gasteiger partial charge in [-0.3, -0.25) is 0 Å². The average Bonchev–Trinajstić information content (AvgIpc) is 2.85. The summed E-state index contributed by atoms with van der Waals surface area (Å²) in [6, 6.07) is 6.42. The SMILES string of the molecule is CC(C)(C)c1cc(-c2nnc(C(Cl)Cl)o2)cc(C(C)(C)C)c1. The number of hydrogen-bond donors (Lipinski definition) is 0. The highest BCUT2D eigenvalue weighted by molar-refractivity contribution is 6.43. The number of benzene rings is 1. The molecule has 0 fully saturated rings. The van der Waals surface area contributed by atoms with Gasteiger partial charge in [0.2, 0.25) is 11.8 Å². The van der Waals surface area contributed by atoms with Crippen LogP contribution in [-0.4, -0.2) is 10.2 Å². The molecule has 0 atom stereocenters. The highest BCUT2D eigenvalue weighted by atomic mass is 35.5. The molecule has 1 heterocycles. The molecule has 0 aliphatic rings. The van der Waals surface area contributed by atoms with E-state index in [-0.39, 0.29) is 16.7 Å².